The van der Waals surface area contributed by atoms with Crippen LogP contribution in [0.15, 0.2) is 47.4 Å². The molecule has 0 aliphatic heterocycles. The highest BCUT2D eigenvalue weighted by atomic mass is 35.5. The number of ether oxygens (including phenoxy) is 1. The Morgan fingerprint density at radius 3 is 2.31 bits per heavy atom. The van der Waals surface area contributed by atoms with Gasteiger partial charge in [0.05, 0.1) is 9.92 Å². The molecule has 2 aromatic rings. The lowest BCUT2D eigenvalue weighted by Gasteiger charge is -2.10. The molecule has 0 saturated carbocycles. The predicted molar refractivity (Wildman–Crippen MR) is 90.5 cm³/mol. The van der Waals surface area contributed by atoms with Crippen LogP contribution in [0.25, 0.3) is 0 Å². The number of carbonyl (C=O) groups excluding carboxylic acids is 1. The minimum atomic E-state index is -4.45. The molecule has 0 fully saturated rings. The van der Waals surface area contributed by atoms with E-state index in [1.165, 1.54) is 36.4 Å². The molecule has 1 N–H and O–H groups in total. The quantitative estimate of drug-likeness (QED) is 0.815. The van der Waals surface area contributed by atoms with Crippen LogP contribution in [0.2, 0.25) is 5.02 Å². The Hall–Kier alpha value is -2.26. The van der Waals surface area contributed by atoms with Crippen LogP contribution in [0, 0.1) is 0 Å². The lowest BCUT2D eigenvalue weighted by Crippen LogP contribution is -2.19. The van der Waals surface area contributed by atoms with E-state index in [0.717, 1.165) is 12.3 Å². The number of hydrogen-bond donors (Lipinski definition) is 1. The number of nitrogens with one attached hydrogen (secondary N) is 1. The summed E-state index contributed by atoms with van der Waals surface area (Å²) in [6.45, 7) is -1.42. The number of benzene rings is 2. The summed E-state index contributed by atoms with van der Waals surface area (Å²) in [5, 5.41) is 2.50. The van der Waals surface area contributed by atoms with Crippen molar-refractivity contribution in [2.24, 2.45) is 0 Å². The first-order valence-corrected chi connectivity index (χ1v) is 9.33. The fourth-order valence-electron chi connectivity index (χ4n) is 1.93. The Morgan fingerprint density at radius 1 is 1.15 bits per heavy atom. The minimum absolute atomic E-state index is 0.00443. The smallest absolute Gasteiger partial charge is 0.422 e. The molecule has 0 heterocycles. The van der Waals surface area contributed by atoms with Gasteiger partial charge in [-0.15, -0.1) is 0 Å². The Balaban J connectivity index is 2.11. The highest BCUT2D eigenvalue weighted by Crippen LogP contribution is 2.24. The van der Waals surface area contributed by atoms with E-state index in [1.54, 1.807) is 0 Å². The number of rotatable bonds is 5. The van der Waals surface area contributed by atoms with Gasteiger partial charge in [-0.3, -0.25) is 4.79 Å². The summed E-state index contributed by atoms with van der Waals surface area (Å²) in [7, 11) is -3.61. The van der Waals surface area contributed by atoms with Gasteiger partial charge < -0.3 is 10.1 Å². The van der Waals surface area contributed by atoms with E-state index >= 15 is 0 Å². The van der Waals surface area contributed by atoms with Crippen LogP contribution in [0.3, 0.4) is 0 Å². The summed E-state index contributed by atoms with van der Waals surface area (Å²) in [5.74, 6) is -0.610. The average Bonchev–Trinajstić information content (AvgIpc) is 2.52. The lowest BCUT2D eigenvalue weighted by atomic mass is 10.2. The zero-order chi connectivity index (χ0) is 19.5. The molecule has 26 heavy (non-hydrogen) atoms. The monoisotopic (exact) mass is 407 g/mol. The predicted octanol–water partition coefficient (Wildman–Crippen LogP) is 3.94. The molecule has 0 saturated heterocycles. The number of amides is 1. The first kappa shape index (κ1) is 20.1. The van der Waals surface area contributed by atoms with E-state index in [1.807, 2.05) is 0 Å². The molecule has 0 atom stereocenters. The van der Waals surface area contributed by atoms with Gasteiger partial charge in [0, 0.05) is 17.5 Å². The molecule has 0 bridgehead atoms. The van der Waals surface area contributed by atoms with Crippen LogP contribution in [-0.2, 0) is 9.84 Å². The molecule has 0 aromatic heterocycles. The first-order valence-electron chi connectivity index (χ1n) is 7.06. The molecular formula is C16H13ClF3NO4S. The third-order valence-electron chi connectivity index (χ3n) is 3.11. The lowest BCUT2D eigenvalue weighted by molar-refractivity contribution is -0.153. The maximum absolute atomic E-state index is 12.2. The summed E-state index contributed by atoms with van der Waals surface area (Å²) in [4.78, 5) is 12.0. The molecule has 2 aromatic carbocycles. The highest BCUT2D eigenvalue weighted by molar-refractivity contribution is 7.90. The Bertz CT molecular complexity index is 912. The van der Waals surface area contributed by atoms with Gasteiger partial charge in [0.2, 0.25) is 0 Å². The Kier molecular flexibility index (Phi) is 5.82. The van der Waals surface area contributed by atoms with Crippen LogP contribution in [-0.4, -0.2) is 33.4 Å². The van der Waals surface area contributed by atoms with Gasteiger partial charge in [0.15, 0.2) is 16.4 Å². The van der Waals surface area contributed by atoms with Crippen molar-refractivity contribution in [1.82, 2.24) is 0 Å². The fraction of sp³-hybridized carbons (Fsp3) is 0.188. The van der Waals surface area contributed by atoms with Gasteiger partial charge in [-0.2, -0.15) is 13.2 Å². The second-order valence-corrected chi connectivity index (χ2v) is 7.69. The zero-order valence-corrected chi connectivity index (χ0v) is 14.9. The molecule has 1 amide bonds. The molecule has 5 nitrogen and oxygen atoms in total. The third kappa shape index (κ3) is 5.63. The van der Waals surface area contributed by atoms with Gasteiger partial charge >= 0.3 is 6.18 Å². The Labute approximate surface area is 152 Å². The van der Waals surface area contributed by atoms with E-state index in [4.69, 9.17) is 11.6 Å². The second-order valence-electron chi connectivity index (χ2n) is 5.30. The SMILES string of the molecule is CS(=O)(=O)c1cc(C(=O)Nc2ccc(OCC(F)(F)F)cc2)ccc1Cl. The van der Waals surface area contributed by atoms with Crippen molar-refractivity contribution in [3.8, 4) is 5.75 Å². The van der Waals surface area contributed by atoms with Crippen LogP contribution < -0.4 is 10.1 Å². The summed E-state index contributed by atoms with van der Waals surface area (Å²) in [5.41, 5.74) is 0.359. The number of carbonyl (C=O) groups is 1. The van der Waals surface area contributed by atoms with Crippen molar-refractivity contribution in [3.05, 3.63) is 53.1 Å². The standard InChI is InChI=1S/C16H13ClF3NO4S/c1-26(23,24)14-8-10(2-7-13(14)17)15(22)21-11-3-5-12(6-4-11)25-9-16(18,19)20/h2-8H,9H2,1H3,(H,21,22). The van der Waals surface area contributed by atoms with Crippen LogP contribution in [0.5, 0.6) is 5.75 Å². The molecule has 140 valence electrons. The van der Waals surface area contributed by atoms with Crippen LogP contribution >= 0.6 is 11.6 Å². The van der Waals surface area contributed by atoms with Crippen molar-refractivity contribution in [3.63, 3.8) is 0 Å². The van der Waals surface area contributed by atoms with E-state index in [9.17, 15) is 26.4 Å². The zero-order valence-electron chi connectivity index (χ0n) is 13.3. The van der Waals surface area contributed by atoms with Crippen molar-refractivity contribution in [1.29, 1.82) is 0 Å². The highest BCUT2D eigenvalue weighted by Gasteiger charge is 2.28. The summed E-state index contributed by atoms with van der Waals surface area (Å²) in [6, 6.07) is 9.05. The molecule has 0 aliphatic carbocycles. The van der Waals surface area contributed by atoms with Gasteiger partial charge in [0.1, 0.15) is 5.75 Å². The van der Waals surface area contributed by atoms with Crippen molar-refractivity contribution in [2.45, 2.75) is 11.1 Å². The van der Waals surface area contributed by atoms with Gasteiger partial charge in [-0.05, 0) is 42.5 Å². The fourth-order valence-corrected chi connectivity index (χ4v) is 3.23. The van der Waals surface area contributed by atoms with E-state index in [-0.39, 0.29) is 21.2 Å². The number of sulfone groups is 1. The van der Waals surface area contributed by atoms with Gasteiger partial charge in [0.25, 0.3) is 5.91 Å². The molecule has 0 spiro atoms. The molecule has 10 heteroatoms. The minimum Gasteiger partial charge on any atom is -0.484 e. The molecule has 0 radical (unpaired) electrons. The van der Waals surface area contributed by atoms with Gasteiger partial charge in [-0.25, -0.2) is 8.42 Å². The third-order valence-corrected chi connectivity index (χ3v) is 4.69. The number of hydrogen-bond acceptors (Lipinski definition) is 4. The van der Waals surface area contributed by atoms with E-state index in [0.29, 0.717) is 5.69 Å². The first-order chi connectivity index (χ1) is 12.0. The molecule has 0 unspecified atom stereocenters. The normalized spacial score (nSPS) is 11.9. The number of halogens is 4. The maximum atomic E-state index is 12.2. The summed E-state index contributed by atoms with van der Waals surface area (Å²) >= 11 is 5.82. The van der Waals surface area contributed by atoms with E-state index in [2.05, 4.69) is 10.1 Å². The van der Waals surface area contributed by atoms with Crippen LogP contribution in [0.1, 0.15) is 10.4 Å². The molecule has 2 rings (SSSR count). The van der Waals surface area contributed by atoms with Gasteiger partial charge in [-0.1, -0.05) is 11.6 Å². The maximum Gasteiger partial charge on any atom is 0.422 e. The molecular weight excluding hydrogens is 395 g/mol. The summed E-state index contributed by atoms with van der Waals surface area (Å²) < 4.78 is 64.1. The van der Waals surface area contributed by atoms with Crippen molar-refractivity contribution in [2.75, 3.05) is 18.2 Å². The van der Waals surface area contributed by atoms with Crippen molar-refractivity contribution >= 4 is 33.0 Å². The topological polar surface area (TPSA) is 72.5 Å². The number of alkyl halides is 3. The Morgan fingerprint density at radius 2 is 1.77 bits per heavy atom. The largest absolute Gasteiger partial charge is 0.484 e. The second kappa shape index (κ2) is 7.55. The molecule has 0 aliphatic rings. The number of anilines is 1. The van der Waals surface area contributed by atoms with E-state index < -0.39 is 28.5 Å². The van der Waals surface area contributed by atoms with Crippen molar-refractivity contribution < 1.29 is 31.1 Å². The summed E-state index contributed by atoms with van der Waals surface area (Å²) in [6.07, 6.45) is -3.48. The average molecular weight is 408 g/mol. The van der Waals surface area contributed by atoms with Crippen LogP contribution in [0.4, 0.5) is 18.9 Å².